The Morgan fingerprint density at radius 1 is 1.31 bits per heavy atom. The maximum Gasteiger partial charge on any atom is 0.252 e. The van der Waals surface area contributed by atoms with E-state index in [9.17, 15) is 13.2 Å². The smallest absolute Gasteiger partial charge is 0.252 e. The molecule has 0 aliphatic carbocycles. The van der Waals surface area contributed by atoms with Crippen LogP contribution in [0.4, 0.5) is 0 Å². The first-order valence-corrected chi connectivity index (χ1v) is 11.0. The number of imidazole rings is 1. The lowest BCUT2D eigenvalue weighted by molar-refractivity contribution is -0.121. The molecule has 0 unspecified atom stereocenters. The van der Waals surface area contributed by atoms with Gasteiger partial charge >= 0.3 is 0 Å². The monoisotopic (exact) mass is 434 g/mol. The van der Waals surface area contributed by atoms with Crippen molar-refractivity contribution in [2.45, 2.75) is 10.3 Å². The Morgan fingerprint density at radius 3 is 2.59 bits per heavy atom. The maximum atomic E-state index is 12.7. The Hall–Kier alpha value is -2.69. The highest BCUT2D eigenvalue weighted by Crippen LogP contribution is 2.23. The van der Waals surface area contributed by atoms with Crippen molar-refractivity contribution in [3.63, 3.8) is 0 Å². The molecule has 0 saturated heterocycles. The van der Waals surface area contributed by atoms with E-state index < -0.39 is 22.0 Å². The number of sulfonamides is 1. The van der Waals surface area contributed by atoms with E-state index in [4.69, 9.17) is 4.74 Å². The lowest BCUT2D eigenvalue weighted by Gasteiger charge is -2.21. The second-order valence-corrected chi connectivity index (χ2v) is 9.58. The fourth-order valence-electron chi connectivity index (χ4n) is 2.81. The number of carbonyl (C=O) groups excluding carboxylic acids is 1. The minimum absolute atomic E-state index is 0.198. The molecule has 2 heterocycles. The van der Waals surface area contributed by atoms with Gasteiger partial charge in [0.2, 0.25) is 5.91 Å². The van der Waals surface area contributed by atoms with Crippen LogP contribution in [-0.2, 0) is 21.9 Å². The summed E-state index contributed by atoms with van der Waals surface area (Å²) in [6, 6.07) is 9.91. The van der Waals surface area contributed by atoms with Gasteiger partial charge in [-0.2, -0.15) is 4.31 Å². The molecule has 10 heteroatoms. The number of hydrogen-bond acceptors (Lipinski definition) is 6. The van der Waals surface area contributed by atoms with E-state index in [1.807, 2.05) is 19.2 Å². The second kappa shape index (κ2) is 8.76. The van der Waals surface area contributed by atoms with E-state index in [2.05, 4.69) is 10.3 Å². The summed E-state index contributed by atoms with van der Waals surface area (Å²) >= 11 is 1.11. The van der Waals surface area contributed by atoms with E-state index in [1.54, 1.807) is 47.6 Å². The third-order valence-corrected chi connectivity index (χ3v) is 7.57. The molecule has 1 aromatic carbocycles. The van der Waals surface area contributed by atoms with Crippen LogP contribution < -0.4 is 10.1 Å². The molecular weight excluding hydrogens is 412 g/mol. The average molecular weight is 435 g/mol. The molecule has 1 atom stereocenters. The van der Waals surface area contributed by atoms with Crippen molar-refractivity contribution in [1.29, 1.82) is 0 Å². The Kier molecular flexibility index (Phi) is 6.36. The predicted octanol–water partition coefficient (Wildman–Crippen LogP) is 2.02. The lowest BCUT2D eigenvalue weighted by atomic mass is 10.1. The number of hydrogen-bond donors (Lipinski definition) is 1. The Balaban J connectivity index is 1.80. The van der Waals surface area contributed by atoms with E-state index in [-0.39, 0.29) is 10.8 Å². The number of thiophene rings is 1. The third kappa shape index (κ3) is 4.66. The van der Waals surface area contributed by atoms with Crippen LogP contribution in [0.2, 0.25) is 0 Å². The number of amides is 1. The molecule has 29 heavy (non-hydrogen) atoms. The summed E-state index contributed by atoms with van der Waals surface area (Å²) in [5.41, 5.74) is 0.803. The van der Waals surface area contributed by atoms with Crippen LogP contribution in [0, 0.1) is 0 Å². The zero-order valence-electron chi connectivity index (χ0n) is 16.3. The highest BCUT2D eigenvalue weighted by atomic mass is 32.2. The van der Waals surface area contributed by atoms with E-state index in [0.29, 0.717) is 11.6 Å². The van der Waals surface area contributed by atoms with E-state index in [1.165, 1.54) is 13.1 Å². The highest BCUT2D eigenvalue weighted by molar-refractivity contribution is 7.91. The van der Waals surface area contributed by atoms with Gasteiger partial charge in [-0.1, -0.05) is 18.2 Å². The fourth-order valence-corrected chi connectivity index (χ4v) is 5.13. The van der Waals surface area contributed by atoms with Gasteiger partial charge in [0.05, 0.1) is 13.7 Å². The molecule has 3 rings (SSSR count). The zero-order chi connectivity index (χ0) is 21.0. The number of carbonyl (C=O) groups is 1. The first-order valence-electron chi connectivity index (χ1n) is 8.73. The molecule has 1 N–H and O–H groups in total. The molecule has 0 aliphatic heterocycles. The van der Waals surface area contributed by atoms with Crippen molar-refractivity contribution in [3.05, 3.63) is 65.6 Å². The van der Waals surface area contributed by atoms with Crippen molar-refractivity contribution in [1.82, 2.24) is 19.2 Å². The summed E-state index contributed by atoms with van der Waals surface area (Å²) in [7, 11) is 1.09. The number of nitrogens with one attached hydrogen (secondary N) is 1. The number of aryl methyl sites for hydroxylation is 1. The molecule has 0 fully saturated rings. The van der Waals surface area contributed by atoms with Crippen LogP contribution in [0.3, 0.4) is 0 Å². The zero-order valence-corrected chi connectivity index (χ0v) is 17.9. The summed E-state index contributed by atoms with van der Waals surface area (Å²) in [5.74, 6) is 0.893. The normalized spacial score (nSPS) is 12.7. The quantitative estimate of drug-likeness (QED) is 0.585. The van der Waals surface area contributed by atoms with Crippen molar-refractivity contribution >= 4 is 27.3 Å². The first kappa shape index (κ1) is 21.0. The van der Waals surface area contributed by atoms with Crippen molar-refractivity contribution in [2.75, 3.05) is 20.7 Å². The van der Waals surface area contributed by atoms with Gasteiger partial charge in [0.15, 0.2) is 0 Å². The molecule has 0 radical (unpaired) electrons. The number of methoxy groups -OCH3 is 1. The van der Waals surface area contributed by atoms with Crippen LogP contribution in [0.25, 0.3) is 0 Å². The van der Waals surface area contributed by atoms with Crippen LogP contribution in [-0.4, -0.2) is 48.9 Å². The molecule has 154 valence electrons. The number of aromatic nitrogens is 2. The minimum atomic E-state index is -3.71. The van der Waals surface area contributed by atoms with Crippen LogP contribution >= 0.6 is 11.3 Å². The van der Waals surface area contributed by atoms with Gasteiger partial charge in [-0.15, -0.1) is 11.3 Å². The van der Waals surface area contributed by atoms with Gasteiger partial charge in [0.1, 0.15) is 21.8 Å². The van der Waals surface area contributed by atoms with Crippen molar-refractivity contribution < 1.29 is 17.9 Å². The molecule has 0 aliphatic rings. The standard InChI is InChI=1S/C19H22N4O4S2/c1-22-11-10-20-19(22)18(14-6-8-15(27-3)9-7-14)21-16(24)13-23(2)29(25,26)17-5-4-12-28-17/h4-12,18H,13H2,1-3H3,(H,21,24)/t18-/m1/s1. The SMILES string of the molecule is COc1ccc([C@@H](NC(=O)CN(C)S(=O)(=O)c2cccs2)c2nccn2C)cc1. The van der Waals surface area contributed by atoms with E-state index in [0.717, 1.165) is 21.2 Å². The summed E-state index contributed by atoms with van der Waals surface area (Å²) in [6.45, 7) is -0.308. The molecule has 0 saturated carbocycles. The van der Waals surface area contributed by atoms with Gasteiger partial charge in [0, 0.05) is 26.5 Å². The molecule has 3 aromatic rings. The van der Waals surface area contributed by atoms with Crippen molar-refractivity contribution in [2.24, 2.45) is 7.05 Å². The lowest BCUT2D eigenvalue weighted by Crippen LogP contribution is -2.40. The Labute approximate surface area is 173 Å². The Morgan fingerprint density at radius 2 is 2.03 bits per heavy atom. The van der Waals surface area contributed by atoms with Gasteiger partial charge in [-0.25, -0.2) is 13.4 Å². The Bertz CT molecular complexity index is 1060. The first-order chi connectivity index (χ1) is 13.8. The summed E-state index contributed by atoms with van der Waals surface area (Å²) in [4.78, 5) is 17.1. The number of rotatable bonds is 8. The highest BCUT2D eigenvalue weighted by Gasteiger charge is 2.26. The minimum Gasteiger partial charge on any atom is -0.497 e. The predicted molar refractivity (Wildman–Crippen MR) is 110 cm³/mol. The van der Waals surface area contributed by atoms with Gasteiger partial charge in [-0.3, -0.25) is 4.79 Å². The van der Waals surface area contributed by atoms with Crippen LogP contribution in [0.5, 0.6) is 5.75 Å². The number of nitrogens with zero attached hydrogens (tertiary/aromatic N) is 3. The third-order valence-electron chi connectivity index (χ3n) is 4.40. The van der Waals surface area contributed by atoms with Gasteiger partial charge < -0.3 is 14.6 Å². The second-order valence-electron chi connectivity index (χ2n) is 6.36. The largest absolute Gasteiger partial charge is 0.497 e. The molecule has 2 aromatic heterocycles. The van der Waals surface area contributed by atoms with Gasteiger partial charge in [-0.05, 0) is 29.1 Å². The molecular formula is C19H22N4O4S2. The topological polar surface area (TPSA) is 93.5 Å². The van der Waals surface area contributed by atoms with E-state index >= 15 is 0 Å². The average Bonchev–Trinajstić information content (AvgIpc) is 3.38. The van der Waals surface area contributed by atoms with Crippen LogP contribution in [0.1, 0.15) is 17.4 Å². The summed E-state index contributed by atoms with van der Waals surface area (Å²) < 4.78 is 33.4. The molecule has 1 amide bonds. The van der Waals surface area contributed by atoms with Gasteiger partial charge in [0.25, 0.3) is 10.0 Å². The summed E-state index contributed by atoms with van der Waals surface area (Å²) in [6.07, 6.45) is 3.43. The number of ether oxygens (including phenoxy) is 1. The fraction of sp³-hybridized carbons (Fsp3) is 0.263. The summed E-state index contributed by atoms with van der Waals surface area (Å²) in [5, 5.41) is 4.58. The van der Waals surface area contributed by atoms with Crippen molar-refractivity contribution in [3.8, 4) is 5.75 Å². The van der Waals surface area contributed by atoms with Crippen LogP contribution in [0.15, 0.2) is 58.4 Å². The molecule has 0 bridgehead atoms. The number of benzene rings is 1. The number of likely N-dealkylation sites (N-methyl/N-ethyl adjacent to an activating group) is 1. The molecule has 8 nitrogen and oxygen atoms in total. The maximum absolute atomic E-state index is 12.7. The molecule has 0 spiro atoms.